The summed E-state index contributed by atoms with van der Waals surface area (Å²) in [6.07, 6.45) is 2.38. The number of hydrogen-bond donors (Lipinski definition) is 2. The molecule has 4 heteroatoms. The Hall–Kier alpha value is -1.42. The van der Waals surface area contributed by atoms with E-state index in [9.17, 15) is 4.79 Å². The summed E-state index contributed by atoms with van der Waals surface area (Å²) in [5, 5.41) is 2.83. The molecule has 1 atom stereocenters. The number of amides is 1. The maximum atomic E-state index is 11.6. The molecular formula is C11H17N3O. The van der Waals surface area contributed by atoms with Gasteiger partial charge in [0.2, 0.25) is 5.91 Å². The van der Waals surface area contributed by atoms with Crippen molar-refractivity contribution in [3.63, 3.8) is 0 Å². The molecule has 0 bridgehead atoms. The lowest BCUT2D eigenvalue weighted by molar-refractivity contribution is -0.119. The SMILES string of the molecule is Cc1cc(NC(=O)C(C)CCN)ccn1. The molecular weight excluding hydrogens is 190 g/mol. The molecule has 1 unspecified atom stereocenters. The molecule has 82 valence electrons. The number of nitrogens with zero attached hydrogens (tertiary/aromatic N) is 1. The summed E-state index contributed by atoms with van der Waals surface area (Å²) in [5.41, 5.74) is 7.07. The number of carbonyl (C=O) groups excluding carboxylic acids is 1. The largest absolute Gasteiger partial charge is 0.330 e. The van der Waals surface area contributed by atoms with E-state index in [1.807, 2.05) is 19.9 Å². The van der Waals surface area contributed by atoms with Crippen molar-refractivity contribution in [1.82, 2.24) is 4.98 Å². The lowest BCUT2D eigenvalue weighted by Gasteiger charge is -2.10. The maximum absolute atomic E-state index is 11.6. The monoisotopic (exact) mass is 207 g/mol. The zero-order chi connectivity index (χ0) is 11.3. The Morgan fingerprint density at radius 1 is 1.67 bits per heavy atom. The molecule has 0 aromatic carbocycles. The quantitative estimate of drug-likeness (QED) is 0.782. The number of aryl methyl sites for hydroxylation is 1. The third-order valence-electron chi connectivity index (χ3n) is 2.21. The second kappa shape index (κ2) is 5.46. The first-order valence-electron chi connectivity index (χ1n) is 5.07. The fraction of sp³-hybridized carbons (Fsp3) is 0.455. The number of hydrogen-bond acceptors (Lipinski definition) is 3. The predicted molar refractivity (Wildman–Crippen MR) is 60.4 cm³/mol. The Balaban J connectivity index is 2.58. The number of nitrogens with two attached hydrogens (primary N) is 1. The molecule has 0 radical (unpaired) electrons. The Bertz CT molecular complexity index is 338. The van der Waals surface area contributed by atoms with Gasteiger partial charge in [0.25, 0.3) is 0 Å². The number of pyridine rings is 1. The van der Waals surface area contributed by atoms with E-state index in [1.54, 1.807) is 12.3 Å². The molecule has 1 aromatic rings. The van der Waals surface area contributed by atoms with Gasteiger partial charge in [0.05, 0.1) is 0 Å². The van der Waals surface area contributed by atoms with Crippen molar-refractivity contribution in [3.05, 3.63) is 24.0 Å². The summed E-state index contributed by atoms with van der Waals surface area (Å²) in [5.74, 6) is -0.0467. The molecule has 0 spiro atoms. The third-order valence-corrected chi connectivity index (χ3v) is 2.21. The van der Waals surface area contributed by atoms with Crippen molar-refractivity contribution in [2.45, 2.75) is 20.3 Å². The van der Waals surface area contributed by atoms with E-state index in [0.717, 1.165) is 11.4 Å². The van der Waals surface area contributed by atoms with E-state index in [1.165, 1.54) is 0 Å². The summed E-state index contributed by atoms with van der Waals surface area (Å²) in [4.78, 5) is 15.7. The minimum Gasteiger partial charge on any atom is -0.330 e. The van der Waals surface area contributed by atoms with Gasteiger partial charge in [0.15, 0.2) is 0 Å². The molecule has 0 aliphatic heterocycles. The first kappa shape index (κ1) is 11.7. The van der Waals surface area contributed by atoms with Gasteiger partial charge in [-0.25, -0.2) is 0 Å². The van der Waals surface area contributed by atoms with Crippen LogP contribution >= 0.6 is 0 Å². The molecule has 3 N–H and O–H groups in total. The van der Waals surface area contributed by atoms with E-state index in [0.29, 0.717) is 13.0 Å². The minimum atomic E-state index is -0.0523. The molecule has 0 saturated heterocycles. The smallest absolute Gasteiger partial charge is 0.227 e. The van der Waals surface area contributed by atoms with E-state index >= 15 is 0 Å². The highest BCUT2D eigenvalue weighted by molar-refractivity contribution is 5.92. The standard InChI is InChI=1S/C11H17N3O/c1-8(3-5-12)11(15)14-10-4-6-13-9(2)7-10/h4,6-8H,3,5,12H2,1-2H3,(H,13,14,15). The van der Waals surface area contributed by atoms with Crippen molar-refractivity contribution in [1.29, 1.82) is 0 Å². The summed E-state index contributed by atoms with van der Waals surface area (Å²) in [7, 11) is 0. The zero-order valence-electron chi connectivity index (χ0n) is 9.16. The molecule has 1 amide bonds. The summed E-state index contributed by atoms with van der Waals surface area (Å²) >= 11 is 0. The van der Waals surface area contributed by atoms with Crippen molar-refractivity contribution < 1.29 is 4.79 Å². The van der Waals surface area contributed by atoms with Gasteiger partial charge < -0.3 is 11.1 Å². The number of nitrogens with one attached hydrogen (secondary N) is 1. The van der Waals surface area contributed by atoms with E-state index < -0.39 is 0 Å². The van der Waals surface area contributed by atoms with Gasteiger partial charge >= 0.3 is 0 Å². The van der Waals surface area contributed by atoms with Crippen LogP contribution in [0.5, 0.6) is 0 Å². The predicted octanol–water partition coefficient (Wildman–Crippen LogP) is 1.31. The molecule has 1 aromatic heterocycles. The van der Waals surface area contributed by atoms with Gasteiger partial charge in [-0.05, 0) is 32.0 Å². The molecule has 0 saturated carbocycles. The Kier molecular flexibility index (Phi) is 4.24. The van der Waals surface area contributed by atoms with Crippen LogP contribution < -0.4 is 11.1 Å². The fourth-order valence-corrected chi connectivity index (χ4v) is 1.27. The second-order valence-electron chi connectivity index (χ2n) is 3.65. The van der Waals surface area contributed by atoms with Crippen molar-refractivity contribution in [2.75, 3.05) is 11.9 Å². The van der Waals surface area contributed by atoms with Crippen molar-refractivity contribution in [2.24, 2.45) is 11.7 Å². The average molecular weight is 207 g/mol. The lowest BCUT2D eigenvalue weighted by Crippen LogP contribution is -2.22. The van der Waals surface area contributed by atoms with E-state index in [4.69, 9.17) is 5.73 Å². The van der Waals surface area contributed by atoms with E-state index in [-0.39, 0.29) is 11.8 Å². The topological polar surface area (TPSA) is 68.0 Å². The molecule has 1 rings (SSSR count). The number of aromatic nitrogens is 1. The first-order chi connectivity index (χ1) is 7.13. The van der Waals surface area contributed by atoms with Crippen LogP contribution in [0.1, 0.15) is 19.0 Å². The van der Waals surface area contributed by atoms with Gasteiger partial charge in [-0.1, -0.05) is 6.92 Å². The Morgan fingerprint density at radius 2 is 2.40 bits per heavy atom. The average Bonchev–Trinajstić information content (AvgIpc) is 2.18. The molecule has 0 aliphatic rings. The highest BCUT2D eigenvalue weighted by Crippen LogP contribution is 2.10. The molecule has 1 heterocycles. The summed E-state index contributed by atoms with van der Waals surface area (Å²) in [6.45, 7) is 4.29. The zero-order valence-corrected chi connectivity index (χ0v) is 9.16. The Labute approximate surface area is 89.9 Å². The minimum absolute atomic E-state index is 0.00560. The highest BCUT2D eigenvalue weighted by Gasteiger charge is 2.11. The highest BCUT2D eigenvalue weighted by atomic mass is 16.1. The third kappa shape index (κ3) is 3.67. The number of carbonyl (C=O) groups is 1. The van der Waals surface area contributed by atoms with Crippen molar-refractivity contribution in [3.8, 4) is 0 Å². The van der Waals surface area contributed by atoms with Gasteiger partial charge in [-0.15, -0.1) is 0 Å². The van der Waals surface area contributed by atoms with Crippen LogP contribution in [0.25, 0.3) is 0 Å². The van der Waals surface area contributed by atoms with Crippen LogP contribution in [0.15, 0.2) is 18.3 Å². The lowest BCUT2D eigenvalue weighted by atomic mass is 10.1. The molecule has 4 nitrogen and oxygen atoms in total. The number of rotatable bonds is 4. The van der Waals surface area contributed by atoms with Gasteiger partial charge in [-0.2, -0.15) is 0 Å². The maximum Gasteiger partial charge on any atom is 0.227 e. The van der Waals surface area contributed by atoms with E-state index in [2.05, 4.69) is 10.3 Å². The van der Waals surface area contributed by atoms with Crippen molar-refractivity contribution >= 4 is 11.6 Å². The summed E-state index contributed by atoms with van der Waals surface area (Å²) < 4.78 is 0. The van der Waals surface area contributed by atoms with Crippen LogP contribution in [0.2, 0.25) is 0 Å². The van der Waals surface area contributed by atoms with Crippen LogP contribution in [0.4, 0.5) is 5.69 Å². The van der Waals surface area contributed by atoms with Gasteiger partial charge in [0.1, 0.15) is 0 Å². The normalized spacial score (nSPS) is 12.2. The molecule has 0 aliphatic carbocycles. The second-order valence-corrected chi connectivity index (χ2v) is 3.65. The molecule has 15 heavy (non-hydrogen) atoms. The fourth-order valence-electron chi connectivity index (χ4n) is 1.27. The van der Waals surface area contributed by atoms with Crippen LogP contribution in [0, 0.1) is 12.8 Å². The van der Waals surface area contributed by atoms with Crippen LogP contribution in [-0.2, 0) is 4.79 Å². The van der Waals surface area contributed by atoms with Crippen LogP contribution in [0.3, 0.4) is 0 Å². The van der Waals surface area contributed by atoms with Gasteiger partial charge in [0, 0.05) is 23.5 Å². The van der Waals surface area contributed by atoms with Gasteiger partial charge in [-0.3, -0.25) is 9.78 Å². The molecule has 0 fully saturated rings. The summed E-state index contributed by atoms with van der Waals surface area (Å²) in [6, 6.07) is 3.62. The van der Waals surface area contributed by atoms with Crippen LogP contribution in [-0.4, -0.2) is 17.4 Å². The first-order valence-corrected chi connectivity index (χ1v) is 5.07. The Morgan fingerprint density at radius 3 is 3.00 bits per heavy atom. The number of anilines is 1.